The van der Waals surface area contributed by atoms with Crippen molar-refractivity contribution in [3.05, 3.63) is 76.3 Å². The van der Waals surface area contributed by atoms with Gasteiger partial charge in [-0.2, -0.15) is 5.10 Å². The number of nitrogens with zero attached hydrogens (tertiary/aromatic N) is 2. The molecular weight excluding hydrogens is 330 g/mol. The summed E-state index contributed by atoms with van der Waals surface area (Å²) in [6, 6.07) is 18.1. The molecule has 0 aliphatic heterocycles. The number of aromatic nitrogens is 1. The van der Waals surface area contributed by atoms with Crippen molar-refractivity contribution < 1.29 is 4.74 Å². The monoisotopic (exact) mass is 351 g/mol. The molecule has 0 bridgehead atoms. The fourth-order valence-corrected chi connectivity index (χ4v) is 3.01. The van der Waals surface area contributed by atoms with E-state index in [0.717, 1.165) is 33.4 Å². The summed E-state index contributed by atoms with van der Waals surface area (Å²) in [6.45, 7) is 6.60. The molecule has 1 N–H and O–H groups in total. The molecule has 0 amide bonds. The minimum absolute atomic E-state index is 0.567. The molecule has 2 aromatic carbocycles. The summed E-state index contributed by atoms with van der Waals surface area (Å²) >= 11 is 1.61. The standard InChI is InChI=1S/C20H21N3OS/c1-14-16(3)25-20(21-14)23-22-15(2)18-9-11-19(12-10-18)24-13-17-7-5-4-6-8-17/h4-12H,13H2,1-3H3,(H,21,23)/b22-15-. The van der Waals surface area contributed by atoms with Gasteiger partial charge in [0, 0.05) is 4.88 Å². The van der Waals surface area contributed by atoms with Crippen molar-refractivity contribution in [1.29, 1.82) is 0 Å². The van der Waals surface area contributed by atoms with Gasteiger partial charge in [0.05, 0.1) is 11.4 Å². The van der Waals surface area contributed by atoms with E-state index >= 15 is 0 Å². The number of benzene rings is 2. The van der Waals surface area contributed by atoms with Gasteiger partial charge in [-0.05, 0) is 56.2 Å². The van der Waals surface area contributed by atoms with E-state index in [1.165, 1.54) is 4.88 Å². The molecule has 3 aromatic rings. The summed E-state index contributed by atoms with van der Waals surface area (Å²) in [5.41, 5.74) is 7.18. The van der Waals surface area contributed by atoms with Crippen molar-refractivity contribution in [1.82, 2.24) is 4.98 Å². The first-order chi connectivity index (χ1) is 12.1. The molecule has 0 spiro atoms. The van der Waals surface area contributed by atoms with Gasteiger partial charge in [0.2, 0.25) is 5.13 Å². The average molecular weight is 351 g/mol. The third-order valence-corrected chi connectivity index (χ3v) is 4.85. The fraction of sp³-hybridized carbons (Fsp3) is 0.200. The number of nitrogens with one attached hydrogen (secondary N) is 1. The van der Waals surface area contributed by atoms with Crippen LogP contribution in [0.4, 0.5) is 5.13 Å². The first kappa shape index (κ1) is 17.2. The van der Waals surface area contributed by atoms with Crippen molar-refractivity contribution >= 4 is 22.2 Å². The van der Waals surface area contributed by atoms with Gasteiger partial charge >= 0.3 is 0 Å². The summed E-state index contributed by atoms with van der Waals surface area (Å²) in [6.07, 6.45) is 0. The predicted octanol–water partition coefficient (Wildman–Crippen LogP) is 5.18. The normalized spacial score (nSPS) is 11.4. The van der Waals surface area contributed by atoms with Crippen LogP contribution in [-0.2, 0) is 6.61 Å². The molecule has 1 aromatic heterocycles. The number of hydrogen-bond acceptors (Lipinski definition) is 5. The Labute approximate surface area is 152 Å². The number of anilines is 1. The molecule has 4 nitrogen and oxygen atoms in total. The SMILES string of the molecule is C/C(=N/Nc1nc(C)c(C)s1)c1ccc(OCc2ccccc2)cc1. The van der Waals surface area contributed by atoms with E-state index in [1.807, 2.05) is 56.3 Å². The molecular formula is C20H21N3OS. The lowest BCUT2D eigenvalue weighted by atomic mass is 10.1. The van der Waals surface area contributed by atoms with E-state index in [-0.39, 0.29) is 0 Å². The Morgan fingerprint density at radius 2 is 1.80 bits per heavy atom. The van der Waals surface area contributed by atoms with E-state index < -0.39 is 0 Å². The Morgan fingerprint density at radius 1 is 1.08 bits per heavy atom. The van der Waals surface area contributed by atoms with Gasteiger partial charge in [-0.15, -0.1) is 11.3 Å². The topological polar surface area (TPSA) is 46.5 Å². The molecule has 5 heteroatoms. The second-order valence-corrected chi connectivity index (χ2v) is 6.97. The Hall–Kier alpha value is -2.66. The quantitative estimate of drug-likeness (QED) is 0.492. The van der Waals surface area contributed by atoms with Gasteiger partial charge < -0.3 is 4.74 Å². The summed E-state index contributed by atoms with van der Waals surface area (Å²) in [7, 11) is 0. The van der Waals surface area contributed by atoms with Crippen molar-refractivity contribution in [2.45, 2.75) is 27.4 Å². The molecule has 128 valence electrons. The largest absolute Gasteiger partial charge is 0.489 e. The van der Waals surface area contributed by atoms with Crippen LogP contribution in [0.25, 0.3) is 0 Å². The zero-order valence-corrected chi connectivity index (χ0v) is 15.4. The molecule has 3 rings (SSSR count). The number of aryl methyl sites for hydroxylation is 2. The molecule has 0 aliphatic carbocycles. The van der Waals surface area contributed by atoms with Crippen molar-refractivity contribution in [3.63, 3.8) is 0 Å². The van der Waals surface area contributed by atoms with Crippen LogP contribution in [0.5, 0.6) is 5.75 Å². The van der Waals surface area contributed by atoms with Crippen LogP contribution in [0.2, 0.25) is 0 Å². The molecule has 0 saturated carbocycles. The van der Waals surface area contributed by atoms with Crippen LogP contribution in [0.1, 0.15) is 28.6 Å². The number of ether oxygens (including phenoxy) is 1. The number of hydrazone groups is 1. The van der Waals surface area contributed by atoms with Crippen LogP contribution in [-0.4, -0.2) is 10.7 Å². The van der Waals surface area contributed by atoms with Gasteiger partial charge in [-0.1, -0.05) is 30.3 Å². The molecule has 0 saturated heterocycles. The van der Waals surface area contributed by atoms with Gasteiger partial charge in [0.1, 0.15) is 12.4 Å². The molecule has 0 radical (unpaired) electrons. The minimum atomic E-state index is 0.567. The van der Waals surface area contributed by atoms with E-state index in [9.17, 15) is 0 Å². The first-order valence-corrected chi connectivity index (χ1v) is 8.95. The van der Waals surface area contributed by atoms with Crippen LogP contribution in [0.3, 0.4) is 0 Å². The zero-order chi connectivity index (χ0) is 17.6. The van der Waals surface area contributed by atoms with Gasteiger partial charge in [0.15, 0.2) is 0 Å². The van der Waals surface area contributed by atoms with Gasteiger partial charge in [0.25, 0.3) is 0 Å². The Kier molecular flexibility index (Phi) is 5.46. The highest BCUT2D eigenvalue weighted by molar-refractivity contribution is 7.15. The lowest BCUT2D eigenvalue weighted by Crippen LogP contribution is -2.00. The predicted molar refractivity (Wildman–Crippen MR) is 105 cm³/mol. The molecule has 0 unspecified atom stereocenters. The van der Waals surface area contributed by atoms with Crippen LogP contribution >= 0.6 is 11.3 Å². The van der Waals surface area contributed by atoms with Crippen molar-refractivity contribution in [3.8, 4) is 5.75 Å². The van der Waals surface area contributed by atoms with E-state index in [4.69, 9.17) is 4.74 Å². The first-order valence-electron chi connectivity index (χ1n) is 8.13. The molecule has 0 fully saturated rings. The van der Waals surface area contributed by atoms with Crippen LogP contribution in [0, 0.1) is 13.8 Å². The number of hydrogen-bond donors (Lipinski definition) is 1. The Morgan fingerprint density at radius 3 is 2.44 bits per heavy atom. The lowest BCUT2D eigenvalue weighted by molar-refractivity contribution is 0.306. The number of rotatable bonds is 6. The lowest BCUT2D eigenvalue weighted by Gasteiger charge is -2.07. The minimum Gasteiger partial charge on any atom is -0.489 e. The van der Waals surface area contributed by atoms with Crippen LogP contribution in [0.15, 0.2) is 59.7 Å². The third-order valence-electron chi connectivity index (χ3n) is 3.87. The number of thiazole rings is 1. The fourth-order valence-electron chi connectivity index (χ4n) is 2.25. The zero-order valence-electron chi connectivity index (χ0n) is 14.6. The summed E-state index contributed by atoms with van der Waals surface area (Å²) in [5, 5.41) is 5.23. The molecule has 0 atom stereocenters. The highest BCUT2D eigenvalue weighted by Gasteiger charge is 2.03. The Bertz CT molecular complexity index is 835. The van der Waals surface area contributed by atoms with E-state index in [0.29, 0.717) is 6.61 Å². The third kappa shape index (κ3) is 4.67. The van der Waals surface area contributed by atoms with E-state index in [1.54, 1.807) is 11.3 Å². The molecule has 1 heterocycles. The smallest absolute Gasteiger partial charge is 0.203 e. The highest BCUT2D eigenvalue weighted by atomic mass is 32.1. The molecule has 25 heavy (non-hydrogen) atoms. The summed E-state index contributed by atoms with van der Waals surface area (Å²) in [5.74, 6) is 0.847. The maximum Gasteiger partial charge on any atom is 0.203 e. The molecule has 0 aliphatic rings. The van der Waals surface area contributed by atoms with Crippen molar-refractivity contribution in [2.75, 3.05) is 5.43 Å². The second-order valence-electron chi connectivity index (χ2n) is 5.77. The second kappa shape index (κ2) is 7.94. The maximum atomic E-state index is 5.81. The van der Waals surface area contributed by atoms with E-state index in [2.05, 4.69) is 34.6 Å². The average Bonchev–Trinajstić information content (AvgIpc) is 2.97. The van der Waals surface area contributed by atoms with Gasteiger partial charge in [-0.3, -0.25) is 5.43 Å². The van der Waals surface area contributed by atoms with Crippen LogP contribution < -0.4 is 10.2 Å². The maximum absolute atomic E-state index is 5.81. The highest BCUT2D eigenvalue weighted by Crippen LogP contribution is 2.21. The summed E-state index contributed by atoms with van der Waals surface area (Å²) < 4.78 is 5.81. The van der Waals surface area contributed by atoms with Gasteiger partial charge in [-0.25, -0.2) is 4.98 Å². The Balaban J connectivity index is 1.60. The van der Waals surface area contributed by atoms with Crippen molar-refractivity contribution in [2.24, 2.45) is 5.10 Å². The summed E-state index contributed by atoms with van der Waals surface area (Å²) in [4.78, 5) is 5.63.